The monoisotopic (exact) mass is 535 g/mol. The summed E-state index contributed by atoms with van der Waals surface area (Å²) >= 11 is 13.8. The van der Waals surface area contributed by atoms with Gasteiger partial charge in [0.15, 0.2) is 16.7 Å². The Morgan fingerprint density at radius 2 is 1.83 bits per heavy atom. The number of hydrogen-bond donors (Lipinski definition) is 1. The fourth-order valence-corrected chi connectivity index (χ4v) is 5.07. The van der Waals surface area contributed by atoms with Crippen LogP contribution in [0.5, 0.6) is 11.5 Å². The minimum absolute atomic E-state index is 0.0447. The molecule has 3 aromatic carbocycles. The maximum atomic E-state index is 12.8. The van der Waals surface area contributed by atoms with Crippen LogP contribution in [0.1, 0.15) is 16.7 Å². The summed E-state index contributed by atoms with van der Waals surface area (Å²) in [6, 6.07) is 20.4. The molecule has 0 bridgehead atoms. The predicted octanol–water partition coefficient (Wildman–Crippen LogP) is 6.89. The third-order valence-electron chi connectivity index (χ3n) is 5.54. The van der Waals surface area contributed by atoms with Gasteiger partial charge in [-0.25, -0.2) is 0 Å². The van der Waals surface area contributed by atoms with Crippen LogP contribution >= 0.6 is 35.0 Å². The van der Waals surface area contributed by atoms with Gasteiger partial charge in [0.05, 0.1) is 23.4 Å². The van der Waals surface area contributed by atoms with Gasteiger partial charge >= 0.3 is 0 Å². The number of nitrogens with one attached hydrogen (secondary N) is 1. The van der Waals surface area contributed by atoms with Gasteiger partial charge in [0.1, 0.15) is 12.4 Å². The van der Waals surface area contributed by atoms with E-state index in [1.54, 1.807) is 35.2 Å². The van der Waals surface area contributed by atoms with Crippen molar-refractivity contribution in [1.29, 1.82) is 5.41 Å². The van der Waals surface area contributed by atoms with Crippen molar-refractivity contribution in [2.45, 2.75) is 6.61 Å². The van der Waals surface area contributed by atoms with Crippen molar-refractivity contribution in [3.05, 3.63) is 104 Å². The lowest BCUT2D eigenvalue weighted by Crippen LogP contribution is -2.38. The summed E-state index contributed by atoms with van der Waals surface area (Å²) in [6.07, 6.45) is 1.59. The zero-order valence-corrected chi connectivity index (χ0v) is 21.3. The van der Waals surface area contributed by atoms with Gasteiger partial charge < -0.3 is 9.47 Å². The van der Waals surface area contributed by atoms with Crippen molar-refractivity contribution in [2.24, 2.45) is 4.99 Å². The highest BCUT2D eigenvalue weighted by atomic mass is 35.5. The predicted molar refractivity (Wildman–Crippen MR) is 146 cm³/mol. The minimum Gasteiger partial charge on any atom is -0.493 e. The highest BCUT2D eigenvalue weighted by Gasteiger charge is 2.36. The van der Waals surface area contributed by atoms with Gasteiger partial charge in [0.25, 0.3) is 5.91 Å². The number of methoxy groups -OCH3 is 1. The smallest absolute Gasteiger partial charge is 0.283 e. The highest BCUT2D eigenvalue weighted by Crippen LogP contribution is 2.40. The summed E-state index contributed by atoms with van der Waals surface area (Å²) in [6.45, 7) is 0.273. The molecule has 0 atom stereocenters. The normalized spacial score (nSPS) is 16.1. The molecule has 6 nitrogen and oxygen atoms in total. The Balaban J connectivity index is 1.43. The third-order valence-corrected chi connectivity index (χ3v) is 6.90. The van der Waals surface area contributed by atoms with E-state index in [2.05, 4.69) is 4.99 Å². The number of carbonyl (C=O) groups excluding carboxylic acids is 1. The van der Waals surface area contributed by atoms with Crippen molar-refractivity contribution in [3.8, 4) is 11.5 Å². The second-order valence-corrected chi connectivity index (χ2v) is 9.56. The van der Waals surface area contributed by atoms with Crippen molar-refractivity contribution in [3.63, 3.8) is 0 Å². The van der Waals surface area contributed by atoms with Crippen LogP contribution < -0.4 is 9.47 Å². The SMILES string of the molecule is COc1cc(/C=C2/C(=N)N3C(c4ccccc4)=CSC3=NC2=O)cc(Cl)c1OCc1ccc(Cl)cc1. The van der Waals surface area contributed by atoms with Crippen molar-refractivity contribution in [2.75, 3.05) is 7.11 Å². The fourth-order valence-electron chi connectivity index (χ4n) is 3.78. The molecule has 36 heavy (non-hydrogen) atoms. The molecule has 0 fully saturated rings. The summed E-state index contributed by atoms with van der Waals surface area (Å²) < 4.78 is 11.4. The number of aliphatic imine (C=N–C) groups is 1. The van der Waals surface area contributed by atoms with E-state index in [4.69, 9.17) is 38.1 Å². The number of halogens is 2. The lowest BCUT2D eigenvalue weighted by Gasteiger charge is -2.27. The molecule has 1 amide bonds. The molecule has 2 aliphatic rings. The highest BCUT2D eigenvalue weighted by molar-refractivity contribution is 8.17. The van der Waals surface area contributed by atoms with Crippen molar-refractivity contribution in [1.82, 2.24) is 4.90 Å². The van der Waals surface area contributed by atoms with Crippen LogP contribution in [0.15, 0.2) is 82.7 Å². The van der Waals surface area contributed by atoms with Crippen molar-refractivity contribution >= 4 is 63.6 Å². The van der Waals surface area contributed by atoms with Crippen LogP contribution in [0.4, 0.5) is 0 Å². The van der Waals surface area contributed by atoms with Crippen LogP contribution in [0.3, 0.4) is 0 Å². The average molecular weight is 536 g/mol. The topological polar surface area (TPSA) is 75.0 Å². The maximum absolute atomic E-state index is 12.8. The van der Waals surface area contributed by atoms with Gasteiger partial charge in [0.2, 0.25) is 0 Å². The van der Waals surface area contributed by atoms with Crippen molar-refractivity contribution < 1.29 is 14.3 Å². The van der Waals surface area contributed by atoms with Crippen LogP contribution in [0.2, 0.25) is 10.0 Å². The Hall–Kier alpha value is -3.52. The van der Waals surface area contributed by atoms with Crippen LogP contribution in [-0.4, -0.2) is 28.9 Å². The molecule has 0 radical (unpaired) electrons. The number of amides is 1. The number of hydrogen-bond acceptors (Lipinski definition) is 5. The maximum Gasteiger partial charge on any atom is 0.283 e. The first-order valence-electron chi connectivity index (χ1n) is 10.9. The largest absolute Gasteiger partial charge is 0.493 e. The van der Waals surface area contributed by atoms with E-state index >= 15 is 0 Å². The van der Waals surface area contributed by atoms with Gasteiger partial charge in [0, 0.05) is 10.4 Å². The molecule has 0 unspecified atom stereocenters. The second-order valence-electron chi connectivity index (χ2n) is 7.88. The lowest BCUT2D eigenvalue weighted by atomic mass is 10.1. The first kappa shape index (κ1) is 24.2. The lowest BCUT2D eigenvalue weighted by molar-refractivity contribution is -0.114. The van der Waals surface area contributed by atoms with Gasteiger partial charge in [-0.3, -0.25) is 15.1 Å². The van der Waals surface area contributed by atoms with E-state index in [0.717, 1.165) is 16.8 Å². The molecule has 0 spiro atoms. The van der Waals surface area contributed by atoms with E-state index in [9.17, 15) is 4.79 Å². The molecule has 5 rings (SSSR count). The minimum atomic E-state index is -0.486. The Labute approximate surface area is 222 Å². The number of ether oxygens (including phenoxy) is 2. The van der Waals surface area contributed by atoms with Crippen LogP contribution in [-0.2, 0) is 11.4 Å². The van der Waals surface area contributed by atoms with E-state index < -0.39 is 5.91 Å². The fraction of sp³-hybridized carbons (Fsp3) is 0.0741. The quantitative estimate of drug-likeness (QED) is 0.348. The number of fused-ring (bicyclic) bond motifs is 1. The van der Waals surface area contributed by atoms with Gasteiger partial charge in [-0.1, -0.05) is 77.4 Å². The summed E-state index contributed by atoms with van der Waals surface area (Å²) in [5.41, 5.74) is 3.38. The Morgan fingerprint density at radius 1 is 1.08 bits per heavy atom. The van der Waals surface area contributed by atoms with Gasteiger partial charge in [-0.2, -0.15) is 4.99 Å². The molecular weight excluding hydrogens is 517 g/mol. The first-order valence-corrected chi connectivity index (χ1v) is 12.5. The number of benzene rings is 3. The standard InChI is InChI=1S/C27H19Cl2N3O3S/c1-34-23-13-17(12-21(29)24(23)35-14-16-7-9-19(28)10-8-16)11-20-25(30)32-22(18-5-3-2-4-6-18)15-36-27(32)31-26(20)33/h2-13,15,30H,14H2,1H3/b20-11-,30-25?. The van der Waals surface area contributed by atoms with E-state index in [1.165, 1.54) is 18.9 Å². The third kappa shape index (κ3) is 4.78. The number of amidine groups is 2. The van der Waals surface area contributed by atoms with E-state index in [0.29, 0.717) is 32.3 Å². The molecule has 3 aromatic rings. The van der Waals surface area contributed by atoms with E-state index in [-0.39, 0.29) is 18.0 Å². The molecule has 0 saturated carbocycles. The molecule has 0 saturated heterocycles. The van der Waals surface area contributed by atoms with E-state index in [1.807, 2.05) is 47.9 Å². The molecule has 9 heteroatoms. The molecule has 2 heterocycles. The zero-order valence-electron chi connectivity index (χ0n) is 19.0. The molecular formula is C27H19Cl2N3O3S. The summed E-state index contributed by atoms with van der Waals surface area (Å²) in [7, 11) is 1.51. The molecule has 0 aliphatic carbocycles. The molecule has 1 N–H and O–H groups in total. The average Bonchev–Trinajstić information content (AvgIpc) is 3.31. The number of thioether (sulfide) groups is 1. The first-order chi connectivity index (χ1) is 17.4. The number of carbonyl (C=O) groups is 1. The Kier molecular flexibility index (Phi) is 6.87. The Morgan fingerprint density at radius 3 is 2.56 bits per heavy atom. The summed E-state index contributed by atoms with van der Waals surface area (Å²) in [5.74, 6) is 0.346. The molecule has 2 aliphatic heterocycles. The van der Waals surface area contributed by atoms with Gasteiger partial charge in [-0.05, 0) is 47.0 Å². The number of rotatable bonds is 6. The van der Waals surface area contributed by atoms with Crippen LogP contribution in [0, 0.1) is 5.41 Å². The zero-order chi connectivity index (χ0) is 25.2. The number of nitrogens with zero attached hydrogens (tertiary/aromatic N) is 2. The summed E-state index contributed by atoms with van der Waals surface area (Å²) in [5, 5.41) is 12.1. The summed E-state index contributed by atoms with van der Waals surface area (Å²) in [4.78, 5) is 18.7. The molecule has 0 aromatic heterocycles. The van der Waals surface area contributed by atoms with Crippen LogP contribution in [0.25, 0.3) is 11.8 Å². The second kappa shape index (κ2) is 10.2. The Bertz CT molecular complexity index is 1450. The molecule has 180 valence electrons. The van der Waals surface area contributed by atoms with Gasteiger partial charge in [-0.15, -0.1) is 0 Å².